The Morgan fingerprint density at radius 1 is 1.50 bits per heavy atom. The smallest absolute Gasteiger partial charge is 0.325 e. The van der Waals surface area contributed by atoms with Crippen molar-refractivity contribution in [3.05, 3.63) is 0 Å². The molecule has 0 unspecified atom stereocenters. The zero-order chi connectivity index (χ0) is 10.8. The fourth-order valence-electron chi connectivity index (χ4n) is 1.68. The number of carbonyl (C=O) groups is 1. The second-order valence-electron chi connectivity index (χ2n) is 4.48. The number of rotatable bonds is 4. The molecule has 0 N–H and O–H groups in total. The standard InChI is InChI=1S/C11H21NO2/c1-5-14-10(13)11(2,3)12(4)9-7-6-8-9/h9H,5-8H2,1-4H3. The van der Waals surface area contributed by atoms with Gasteiger partial charge < -0.3 is 4.74 Å². The van der Waals surface area contributed by atoms with E-state index in [4.69, 9.17) is 4.74 Å². The average molecular weight is 199 g/mol. The van der Waals surface area contributed by atoms with Crippen LogP contribution >= 0.6 is 0 Å². The molecule has 82 valence electrons. The van der Waals surface area contributed by atoms with Gasteiger partial charge >= 0.3 is 5.97 Å². The van der Waals surface area contributed by atoms with Crippen LogP contribution in [0.2, 0.25) is 0 Å². The van der Waals surface area contributed by atoms with Gasteiger partial charge in [-0.05, 0) is 40.7 Å². The van der Waals surface area contributed by atoms with E-state index in [0.29, 0.717) is 12.6 Å². The Balaban J connectivity index is 2.57. The molecule has 0 aromatic carbocycles. The lowest BCUT2D eigenvalue weighted by Crippen LogP contribution is -2.55. The number of nitrogens with zero attached hydrogens (tertiary/aromatic N) is 1. The molecular weight excluding hydrogens is 178 g/mol. The van der Waals surface area contributed by atoms with Crippen LogP contribution < -0.4 is 0 Å². The van der Waals surface area contributed by atoms with E-state index >= 15 is 0 Å². The van der Waals surface area contributed by atoms with Crippen molar-refractivity contribution in [2.24, 2.45) is 0 Å². The van der Waals surface area contributed by atoms with Crippen molar-refractivity contribution >= 4 is 5.97 Å². The largest absolute Gasteiger partial charge is 0.465 e. The number of hydrogen-bond acceptors (Lipinski definition) is 3. The minimum Gasteiger partial charge on any atom is -0.465 e. The van der Waals surface area contributed by atoms with Crippen LogP contribution in [0.25, 0.3) is 0 Å². The molecule has 0 aromatic rings. The Labute approximate surface area is 86.4 Å². The van der Waals surface area contributed by atoms with Crippen LogP contribution in [0.5, 0.6) is 0 Å². The molecule has 1 fully saturated rings. The van der Waals surface area contributed by atoms with Crippen LogP contribution in [-0.2, 0) is 9.53 Å². The number of esters is 1. The molecule has 0 heterocycles. The maximum absolute atomic E-state index is 11.7. The van der Waals surface area contributed by atoms with Crippen LogP contribution in [0.1, 0.15) is 40.0 Å². The Kier molecular flexibility index (Phi) is 3.53. The molecule has 0 bridgehead atoms. The Morgan fingerprint density at radius 2 is 2.07 bits per heavy atom. The molecule has 0 saturated heterocycles. The summed E-state index contributed by atoms with van der Waals surface area (Å²) < 4.78 is 5.07. The lowest BCUT2D eigenvalue weighted by molar-refractivity contribution is -0.157. The fourth-order valence-corrected chi connectivity index (χ4v) is 1.68. The van der Waals surface area contributed by atoms with Gasteiger partial charge in [-0.15, -0.1) is 0 Å². The summed E-state index contributed by atoms with van der Waals surface area (Å²) in [6, 6.07) is 0.564. The molecule has 0 aromatic heterocycles. The van der Waals surface area contributed by atoms with E-state index in [-0.39, 0.29) is 5.97 Å². The third kappa shape index (κ3) is 2.08. The van der Waals surface area contributed by atoms with Gasteiger partial charge in [0.1, 0.15) is 5.54 Å². The maximum Gasteiger partial charge on any atom is 0.325 e. The predicted molar refractivity (Wildman–Crippen MR) is 56.1 cm³/mol. The second kappa shape index (κ2) is 4.30. The number of likely N-dealkylation sites (N-methyl/N-ethyl adjacent to an activating group) is 1. The topological polar surface area (TPSA) is 29.5 Å². The highest BCUT2D eigenvalue weighted by Crippen LogP contribution is 2.29. The third-order valence-corrected chi connectivity index (χ3v) is 3.28. The van der Waals surface area contributed by atoms with Crippen molar-refractivity contribution < 1.29 is 9.53 Å². The molecule has 0 atom stereocenters. The molecule has 1 rings (SSSR count). The minimum absolute atomic E-state index is 0.116. The van der Waals surface area contributed by atoms with E-state index in [1.807, 2.05) is 27.8 Å². The molecule has 1 saturated carbocycles. The first-order chi connectivity index (χ1) is 6.50. The average Bonchev–Trinajstić information content (AvgIpc) is 2.01. The maximum atomic E-state index is 11.7. The normalized spacial score (nSPS) is 18.1. The summed E-state index contributed by atoms with van der Waals surface area (Å²) in [6.07, 6.45) is 3.70. The van der Waals surface area contributed by atoms with Gasteiger partial charge in [-0.25, -0.2) is 0 Å². The summed E-state index contributed by atoms with van der Waals surface area (Å²) in [4.78, 5) is 13.8. The number of hydrogen-bond donors (Lipinski definition) is 0. The molecule has 14 heavy (non-hydrogen) atoms. The highest BCUT2D eigenvalue weighted by Gasteiger charge is 2.39. The van der Waals surface area contributed by atoms with Crippen LogP contribution in [0.3, 0.4) is 0 Å². The van der Waals surface area contributed by atoms with E-state index in [9.17, 15) is 4.79 Å². The van der Waals surface area contributed by atoms with Crippen LogP contribution in [0.4, 0.5) is 0 Å². The van der Waals surface area contributed by atoms with Crippen molar-refractivity contribution in [2.45, 2.75) is 51.6 Å². The summed E-state index contributed by atoms with van der Waals surface area (Å²) in [5.74, 6) is -0.116. The van der Waals surface area contributed by atoms with E-state index < -0.39 is 5.54 Å². The van der Waals surface area contributed by atoms with Gasteiger partial charge in [-0.1, -0.05) is 6.42 Å². The highest BCUT2D eigenvalue weighted by atomic mass is 16.5. The molecule has 1 aliphatic carbocycles. The van der Waals surface area contributed by atoms with E-state index in [2.05, 4.69) is 4.90 Å². The summed E-state index contributed by atoms with van der Waals surface area (Å²) in [5.41, 5.74) is -0.485. The molecule has 0 aliphatic heterocycles. The van der Waals surface area contributed by atoms with Gasteiger partial charge in [0.2, 0.25) is 0 Å². The van der Waals surface area contributed by atoms with E-state index in [1.54, 1.807) is 0 Å². The summed E-state index contributed by atoms with van der Waals surface area (Å²) in [7, 11) is 2.01. The lowest BCUT2D eigenvalue weighted by atomic mass is 9.88. The second-order valence-corrected chi connectivity index (χ2v) is 4.48. The first-order valence-corrected chi connectivity index (χ1v) is 5.40. The zero-order valence-electron chi connectivity index (χ0n) is 9.67. The van der Waals surface area contributed by atoms with Crippen molar-refractivity contribution in [2.75, 3.05) is 13.7 Å². The molecule has 0 amide bonds. The third-order valence-electron chi connectivity index (χ3n) is 3.28. The molecular formula is C11H21NO2. The van der Waals surface area contributed by atoms with Gasteiger partial charge in [-0.2, -0.15) is 0 Å². The van der Waals surface area contributed by atoms with Gasteiger partial charge in [-0.3, -0.25) is 9.69 Å². The van der Waals surface area contributed by atoms with E-state index in [0.717, 1.165) is 0 Å². The molecule has 3 heteroatoms. The predicted octanol–water partition coefficient (Wildman–Crippen LogP) is 1.81. The minimum atomic E-state index is -0.485. The summed E-state index contributed by atoms with van der Waals surface area (Å²) in [5, 5.41) is 0. The van der Waals surface area contributed by atoms with Crippen LogP contribution in [-0.4, -0.2) is 36.1 Å². The molecule has 3 nitrogen and oxygen atoms in total. The Hall–Kier alpha value is -0.570. The Morgan fingerprint density at radius 3 is 2.43 bits per heavy atom. The fraction of sp³-hybridized carbons (Fsp3) is 0.909. The molecule has 1 aliphatic rings. The highest BCUT2D eigenvalue weighted by molar-refractivity contribution is 5.79. The van der Waals surface area contributed by atoms with Gasteiger partial charge in [0.25, 0.3) is 0 Å². The lowest BCUT2D eigenvalue weighted by Gasteiger charge is -2.43. The number of ether oxygens (including phenoxy) is 1. The number of carbonyl (C=O) groups excluding carboxylic acids is 1. The van der Waals surface area contributed by atoms with Crippen molar-refractivity contribution in [1.82, 2.24) is 4.90 Å². The monoisotopic (exact) mass is 199 g/mol. The van der Waals surface area contributed by atoms with Crippen molar-refractivity contribution in [3.8, 4) is 0 Å². The summed E-state index contributed by atoms with van der Waals surface area (Å²) in [6.45, 7) is 6.17. The van der Waals surface area contributed by atoms with E-state index in [1.165, 1.54) is 19.3 Å². The van der Waals surface area contributed by atoms with Crippen LogP contribution in [0, 0.1) is 0 Å². The van der Waals surface area contributed by atoms with Crippen molar-refractivity contribution in [3.63, 3.8) is 0 Å². The molecule has 0 spiro atoms. The first-order valence-electron chi connectivity index (χ1n) is 5.40. The Bertz CT molecular complexity index is 209. The van der Waals surface area contributed by atoms with Gasteiger partial charge in [0.15, 0.2) is 0 Å². The quantitative estimate of drug-likeness (QED) is 0.647. The van der Waals surface area contributed by atoms with Crippen LogP contribution in [0.15, 0.2) is 0 Å². The summed E-state index contributed by atoms with van der Waals surface area (Å²) >= 11 is 0. The van der Waals surface area contributed by atoms with Crippen molar-refractivity contribution in [1.29, 1.82) is 0 Å². The molecule has 0 radical (unpaired) electrons. The first kappa shape index (κ1) is 11.5. The van der Waals surface area contributed by atoms with Gasteiger partial charge in [0.05, 0.1) is 6.61 Å². The zero-order valence-corrected chi connectivity index (χ0v) is 9.67. The SMILES string of the molecule is CCOC(=O)C(C)(C)N(C)C1CCC1. The van der Waals surface area contributed by atoms with Gasteiger partial charge in [0, 0.05) is 6.04 Å².